The van der Waals surface area contributed by atoms with Crippen molar-refractivity contribution in [3.8, 4) is 0 Å². The molecule has 0 amide bonds. The first-order valence-corrected chi connectivity index (χ1v) is 9.84. The lowest BCUT2D eigenvalue weighted by Crippen LogP contribution is -2.35. The van der Waals surface area contributed by atoms with E-state index in [9.17, 15) is 0 Å². The fourth-order valence-electron chi connectivity index (χ4n) is 3.55. The molecule has 2 aromatic heterocycles. The maximum atomic E-state index is 4.90. The first-order chi connectivity index (χ1) is 13.2. The van der Waals surface area contributed by atoms with Crippen LogP contribution in [0, 0.1) is 0 Å². The Bertz CT molecular complexity index is 880. The smallest absolute Gasteiger partial charge is 0.163 e. The number of nitrogens with zero attached hydrogens (tertiary/aromatic N) is 3. The van der Waals surface area contributed by atoms with Gasteiger partial charge in [0.1, 0.15) is 11.6 Å². The minimum atomic E-state index is 0.381. The largest absolute Gasteiger partial charge is 0.367 e. The summed E-state index contributed by atoms with van der Waals surface area (Å²) in [7, 11) is 0. The predicted molar refractivity (Wildman–Crippen MR) is 110 cm³/mol. The summed E-state index contributed by atoms with van der Waals surface area (Å²) < 4.78 is 1.92. The third kappa shape index (κ3) is 4.06. The summed E-state index contributed by atoms with van der Waals surface area (Å²) in [5.41, 5.74) is 3.35. The van der Waals surface area contributed by atoms with Crippen LogP contribution in [0.1, 0.15) is 43.7 Å². The molecule has 1 aliphatic heterocycles. The molecule has 4 rings (SSSR count). The predicted octanol–water partition coefficient (Wildman–Crippen LogP) is 3.63. The van der Waals surface area contributed by atoms with E-state index < -0.39 is 0 Å². The van der Waals surface area contributed by atoms with Crippen molar-refractivity contribution in [2.75, 3.05) is 23.7 Å². The minimum absolute atomic E-state index is 0.381. The van der Waals surface area contributed by atoms with Crippen LogP contribution in [0.15, 0.2) is 42.6 Å². The van der Waals surface area contributed by atoms with Gasteiger partial charge in [-0.05, 0) is 37.4 Å². The number of fused-ring (bicyclic) bond motifs is 1. The molecule has 3 heterocycles. The molecule has 0 spiro atoms. The van der Waals surface area contributed by atoms with Gasteiger partial charge < -0.3 is 16.0 Å². The Labute approximate surface area is 160 Å². The number of aromatic nitrogens is 3. The molecule has 142 valence electrons. The molecule has 1 fully saturated rings. The zero-order valence-corrected chi connectivity index (χ0v) is 16.1. The molecular weight excluding hydrogens is 336 g/mol. The van der Waals surface area contributed by atoms with Crippen LogP contribution in [0.4, 0.5) is 11.6 Å². The summed E-state index contributed by atoms with van der Waals surface area (Å²) in [6, 6.07) is 13.0. The van der Waals surface area contributed by atoms with Crippen LogP contribution in [-0.4, -0.2) is 33.7 Å². The van der Waals surface area contributed by atoms with Crippen molar-refractivity contribution in [3.63, 3.8) is 0 Å². The molecule has 0 saturated carbocycles. The number of benzene rings is 1. The first-order valence-electron chi connectivity index (χ1n) is 9.84. The fourth-order valence-corrected chi connectivity index (χ4v) is 3.55. The number of hydrogen-bond donors (Lipinski definition) is 3. The number of piperidine rings is 1. The maximum absolute atomic E-state index is 4.90. The Balaban J connectivity index is 1.64. The van der Waals surface area contributed by atoms with Gasteiger partial charge in [0, 0.05) is 24.2 Å². The van der Waals surface area contributed by atoms with E-state index in [1.165, 1.54) is 11.1 Å². The second kappa shape index (κ2) is 7.96. The van der Waals surface area contributed by atoms with Crippen LogP contribution >= 0.6 is 0 Å². The summed E-state index contributed by atoms with van der Waals surface area (Å²) in [5, 5.41) is 15.2. The Hall–Kier alpha value is -2.60. The van der Waals surface area contributed by atoms with Crippen molar-refractivity contribution >= 4 is 17.3 Å². The molecule has 0 atom stereocenters. The highest BCUT2D eigenvalue weighted by molar-refractivity contribution is 5.61. The second-order valence-corrected chi connectivity index (χ2v) is 7.52. The van der Waals surface area contributed by atoms with Gasteiger partial charge >= 0.3 is 0 Å². The normalized spacial score (nSPS) is 15.4. The van der Waals surface area contributed by atoms with Gasteiger partial charge in [0.05, 0.1) is 6.20 Å². The highest BCUT2D eigenvalue weighted by atomic mass is 15.3. The third-order valence-corrected chi connectivity index (χ3v) is 5.13. The van der Waals surface area contributed by atoms with Gasteiger partial charge in [0.25, 0.3) is 0 Å². The van der Waals surface area contributed by atoms with Crippen molar-refractivity contribution in [3.05, 3.63) is 53.7 Å². The molecule has 0 radical (unpaired) electrons. The van der Waals surface area contributed by atoms with Crippen LogP contribution in [0.5, 0.6) is 0 Å². The van der Waals surface area contributed by atoms with E-state index in [0.29, 0.717) is 12.0 Å². The molecular formula is C21H28N6. The average Bonchev–Trinajstić information content (AvgIpc) is 3.12. The van der Waals surface area contributed by atoms with Gasteiger partial charge in [-0.3, -0.25) is 0 Å². The quantitative estimate of drug-likeness (QED) is 0.623. The van der Waals surface area contributed by atoms with E-state index >= 15 is 0 Å². The fraction of sp³-hybridized carbons (Fsp3) is 0.429. The highest BCUT2D eigenvalue weighted by Gasteiger charge is 2.17. The van der Waals surface area contributed by atoms with Gasteiger partial charge in [0.15, 0.2) is 5.65 Å². The van der Waals surface area contributed by atoms with E-state index in [-0.39, 0.29) is 0 Å². The van der Waals surface area contributed by atoms with Crippen LogP contribution in [-0.2, 0) is 6.54 Å². The van der Waals surface area contributed by atoms with Crippen molar-refractivity contribution in [1.29, 1.82) is 0 Å². The number of rotatable bonds is 6. The van der Waals surface area contributed by atoms with Crippen molar-refractivity contribution in [1.82, 2.24) is 19.9 Å². The molecule has 1 aromatic carbocycles. The molecule has 3 N–H and O–H groups in total. The lowest BCUT2D eigenvalue weighted by molar-refractivity contribution is 0.478. The monoisotopic (exact) mass is 364 g/mol. The van der Waals surface area contributed by atoms with Gasteiger partial charge in [0.2, 0.25) is 0 Å². The molecule has 1 aliphatic rings. The van der Waals surface area contributed by atoms with Gasteiger partial charge in [-0.25, -0.2) is 4.98 Å². The maximum Gasteiger partial charge on any atom is 0.163 e. The number of nitrogens with one attached hydrogen (secondary N) is 3. The second-order valence-electron chi connectivity index (χ2n) is 7.52. The zero-order chi connectivity index (χ0) is 18.6. The molecule has 6 nitrogen and oxygen atoms in total. The molecule has 6 heteroatoms. The van der Waals surface area contributed by atoms with Crippen LogP contribution in [0.2, 0.25) is 0 Å². The molecule has 0 unspecified atom stereocenters. The van der Waals surface area contributed by atoms with Crippen LogP contribution in [0.3, 0.4) is 0 Å². The lowest BCUT2D eigenvalue weighted by Gasteiger charge is -2.24. The lowest BCUT2D eigenvalue weighted by atomic mass is 10.1. The molecule has 3 aromatic rings. The summed E-state index contributed by atoms with van der Waals surface area (Å²) in [4.78, 5) is 4.90. The molecule has 0 aliphatic carbocycles. The Morgan fingerprint density at radius 3 is 2.70 bits per heavy atom. The third-order valence-electron chi connectivity index (χ3n) is 5.13. The SMILES string of the molecule is CC(C)c1cnn2c(NCc3ccccc3)cc(NC3CCNCC3)nc12. The number of anilines is 2. The van der Waals surface area contributed by atoms with Gasteiger partial charge in [-0.1, -0.05) is 44.2 Å². The minimum Gasteiger partial charge on any atom is -0.367 e. The van der Waals surface area contributed by atoms with Crippen LogP contribution < -0.4 is 16.0 Å². The zero-order valence-electron chi connectivity index (χ0n) is 16.1. The Kier molecular flexibility index (Phi) is 5.25. The summed E-state index contributed by atoms with van der Waals surface area (Å²) >= 11 is 0. The summed E-state index contributed by atoms with van der Waals surface area (Å²) in [6.45, 7) is 7.24. The summed E-state index contributed by atoms with van der Waals surface area (Å²) in [6.07, 6.45) is 4.18. The molecule has 1 saturated heterocycles. The van der Waals surface area contributed by atoms with Crippen molar-refractivity contribution in [2.24, 2.45) is 0 Å². The number of hydrogen-bond acceptors (Lipinski definition) is 5. The topological polar surface area (TPSA) is 66.3 Å². The van der Waals surface area contributed by atoms with Crippen molar-refractivity contribution in [2.45, 2.75) is 45.2 Å². The standard InChI is InChI=1S/C21H28N6/c1-15(2)18-14-24-27-20(23-13-16-6-4-3-5-7-16)12-19(26-21(18)27)25-17-8-10-22-11-9-17/h3-7,12,14-15,17,22-23H,8-11,13H2,1-2H3,(H,25,26). The Morgan fingerprint density at radius 1 is 1.19 bits per heavy atom. The van der Waals surface area contributed by atoms with Crippen LogP contribution in [0.25, 0.3) is 5.65 Å². The summed E-state index contributed by atoms with van der Waals surface area (Å²) in [5.74, 6) is 2.27. The van der Waals surface area contributed by atoms with E-state index in [4.69, 9.17) is 4.98 Å². The highest BCUT2D eigenvalue weighted by Crippen LogP contribution is 2.25. The van der Waals surface area contributed by atoms with E-state index in [1.807, 2.05) is 16.8 Å². The molecule has 0 bridgehead atoms. The Morgan fingerprint density at radius 2 is 1.96 bits per heavy atom. The van der Waals surface area contributed by atoms with Gasteiger partial charge in [-0.15, -0.1) is 0 Å². The van der Waals surface area contributed by atoms with Crippen molar-refractivity contribution < 1.29 is 0 Å². The van der Waals surface area contributed by atoms with E-state index in [0.717, 1.165) is 49.8 Å². The van der Waals surface area contributed by atoms with E-state index in [2.05, 4.69) is 65.2 Å². The van der Waals surface area contributed by atoms with Gasteiger partial charge in [-0.2, -0.15) is 9.61 Å². The molecule has 27 heavy (non-hydrogen) atoms. The van der Waals surface area contributed by atoms with E-state index in [1.54, 1.807) is 0 Å². The average molecular weight is 364 g/mol. The first kappa shape index (κ1) is 17.8.